The minimum atomic E-state index is 0.192. The largest absolute Gasteiger partial charge is 0.507 e. The van der Waals surface area contributed by atoms with Crippen molar-refractivity contribution in [3.63, 3.8) is 0 Å². The number of nitrogens with zero attached hydrogens (tertiary/aromatic N) is 1. The van der Waals surface area contributed by atoms with Gasteiger partial charge >= 0.3 is 0 Å². The number of aliphatic imine (C=N–C) groups is 1. The molecule has 1 N–H and O–H groups in total. The number of methoxy groups -OCH3 is 2. The lowest BCUT2D eigenvalue weighted by Crippen LogP contribution is -1.96. The van der Waals surface area contributed by atoms with Gasteiger partial charge in [0.25, 0.3) is 0 Å². The van der Waals surface area contributed by atoms with Crippen LogP contribution in [0.15, 0.2) is 41.4 Å². The van der Waals surface area contributed by atoms with Gasteiger partial charge in [-0.1, -0.05) is 17.7 Å². The first-order chi connectivity index (χ1) is 10.6. The third-order valence-electron chi connectivity index (χ3n) is 3.41. The molecule has 0 aromatic heterocycles. The lowest BCUT2D eigenvalue weighted by Gasteiger charge is -2.08. The molecule has 22 heavy (non-hydrogen) atoms. The molecule has 0 aliphatic carbocycles. The highest BCUT2D eigenvalue weighted by molar-refractivity contribution is 5.84. The van der Waals surface area contributed by atoms with E-state index in [2.05, 4.69) is 18.0 Å². The summed E-state index contributed by atoms with van der Waals surface area (Å²) in [7, 11) is 3.27. The predicted octanol–water partition coefficient (Wildman–Crippen LogP) is 3.38. The van der Waals surface area contributed by atoms with Crippen molar-refractivity contribution in [2.45, 2.75) is 13.3 Å². The molecule has 116 valence electrons. The number of hydrogen-bond donors (Lipinski definition) is 1. The number of aryl methyl sites for hydroxylation is 1. The van der Waals surface area contributed by atoms with Gasteiger partial charge in [0.05, 0.1) is 14.2 Å². The standard InChI is InChI=1S/C18H21NO3/c1-13-4-7-18(22-3)14(10-13)8-9-19-12-15-11-16(21-2)5-6-17(15)20/h4-7,10-12,20H,8-9H2,1-3H3. The summed E-state index contributed by atoms with van der Waals surface area (Å²) < 4.78 is 10.5. The highest BCUT2D eigenvalue weighted by Gasteiger charge is 2.03. The third-order valence-corrected chi connectivity index (χ3v) is 3.41. The number of hydrogen-bond acceptors (Lipinski definition) is 4. The molecule has 0 aliphatic rings. The second kappa shape index (κ2) is 7.50. The molecule has 2 aromatic rings. The van der Waals surface area contributed by atoms with Crippen LogP contribution < -0.4 is 9.47 Å². The van der Waals surface area contributed by atoms with Gasteiger partial charge in [0.2, 0.25) is 0 Å². The van der Waals surface area contributed by atoms with Crippen LogP contribution in [-0.2, 0) is 6.42 Å². The second-order valence-corrected chi connectivity index (χ2v) is 5.03. The van der Waals surface area contributed by atoms with Crippen LogP contribution >= 0.6 is 0 Å². The molecule has 0 aliphatic heterocycles. The Morgan fingerprint density at radius 3 is 2.64 bits per heavy atom. The Morgan fingerprint density at radius 2 is 1.91 bits per heavy atom. The van der Waals surface area contributed by atoms with E-state index in [1.165, 1.54) is 5.56 Å². The highest BCUT2D eigenvalue weighted by atomic mass is 16.5. The van der Waals surface area contributed by atoms with Crippen molar-refractivity contribution >= 4 is 6.21 Å². The number of benzene rings is 2. The summed E-state index contributed by atoms with van der Waals surface area (Å²) in [6.45, 7) is 2.68. The molecule has 0 spiro atoms. The van der Waals surface area contributed by atoms with Crippen molar-refractivity contribution in [1.29, 1.82) is 0 Å². The lowest BCUT2D eigenvalue weighted by atomic mass is 10.1. The highest BCUT2D eigenvalue weighted by Crippen LogP contribution is 2.22. The van der Waals surface area contributed by atoms with Gasteiger partial charge in [0.1, 0.15) is 17.2 Å². The molecule has 4 heteroatoms. The van der Waals surface area contributed by atoms with Gasteiger partial charge in [0.15, 0.2) is 0 Å². The molecular formula is C18H21NO3. The van der Waals surface area contributed by atoms with E-state index in [4.69, 9.17) is 9.47 Å². The summed E-state index contributed by atoms with van der Waals surface area (Å²) in [6.07, 6.45) is 2.45. The van der Waals surface area contributed by atoms with Gasteiger partial charge in [-0.05, 0) is 43.2 Å². The first-order valence-electron chi connectivity index (χ1n) is 7.14. The van der Waals surface area contributed by atoms with Gasteiger partial charge < -0.3 is 14.6 Å². The molecule has 0 unspecified atom stereocenters. The van der Waals surface area contributed by atoms with Crippen molar-refractivity contribution < 1.29 is 14.6 Å². The first kappa shape index (κ1) is 15.9. The molecule has 0 saturated heterocycles. The quantitative estimate of drug-likeness (QED) is 0.832. The molecule has 0 atom stereocenters. The van der Waals surface area contributed by atoms with Crippen molar-refractivity contribution in [2.75, 3.05) is 20.8 Å². The maximum Gasteiger partial charge on any atom is 0.124 e. The van der Waals surface area contributed by atoms with Gasteiger partial charge in [-0.3, -0.25) is 4.99 Å². The zero-order chi connectivity index (χ0) is 15.9. The first-order valence-corrected chi connectivity index (χ1v) is 7.14. The summed E-state index contributed by atoms with van der Waals surface area (Å²) in [6, 6.07) is 11.2. The van der Waals surface area contributed by atoms with Crippen LogP contribution in [0.4, 0.5) is 0 Å². The SMILES string of the molecule is COc1ccc(O)c(C=NCCc2cc(C)ccc2OC)c1. The summed E-state index contributed by atoms with van der Waals surface area (Å²) in [4.78, 5) is 4.38. The van der Waals surface area contributed by atoms with Crippen molar-refractivity contribution in [2.24, 2.45) is 4.99 Å². The van der Waals surface area contributed by atoms with Gasteiger partial charge in [-0.2, -0.15) is 0 Å². The molecule has 0 amide bonds. The average Bonchev–Trinajstić information content (AvgIpc) is 2.53. The monoisotopic (exact) mass is 299 g/mol. The molecular weight excluding hydrogens is 278 g/mol. The second-order valence-electron chi connectivity index (χ2n) is 5.03. The minimum absolute atomic E-state index is 0.192. The third kappa shape index (κ3) is 4.01. The Hall–Kier alpha value is -2.49. The Morgan fingerprint density at radius 1 is 1.09 bits per heavy atom. The van der Waals surface area contributed by atoms with Gasteiger partial charge in [-0.25, -0.2) is 0 Å². The molecule has 0 saturated carbocycles. The van der Waals surface area contributed by atoms with Crippen LogP contribution in [0.1, 0.15) is 16.7 Å². The van der Waals surface area contributed by atoms with Crippen LogP contribution in [0.3, 0.4) is 0 Å². The number of phenols is 1. The fourth-order valence-electron chi connectivity index (χ4n) is 2.21. The van der Waals surface area contributed by atoms with E-state index in [9.17, 15) is 5.11 Å². The molecule has 0 bridgehead atoms. The van der Waals surface area contributed by atoms with Gasteiger partial charge in [0, 0.05) is 18.3 Å². The summed E-state index contributed by atoms with van der Waals surface area (Å²) in [5, 5.41) is 9.80. The van der Waals surface area contributed by atoms with E-state index in [1.54, 1.807) is 38.6 Å². The zero-order valence-electron chi connectivity index (χ0n) is 13.2. The Balaban J connectivity index is 2.03. The maximum absolute atomic E-state index is 9.80. The molecule has 0 radical (unpaired) electrons. The summed E-state index contributed by atoms with van der Waals surface area (Å²) in [5.74, 6) is 1.77. The molecule has 4 nitrogen and oxygen atoms in total. The lowest BCUT2D eigenvalue weighted by molar-refractivity contribution is 0.409. The molecule has 2 rings (SSSR count). The molecule has 2 aromatic carbocycles. The average molecular weight is 299 g/mol. The molecule has 0 heterocycles. The zero-order valence-corrected chi connectivity index (χ0v) is 13.2. The molecule has 0 fully saturated rings. The topological polar surface area (TPSA) is 51.0 Å². The van der Waals surface area contributed by atoms with E-state index in [1.807, 2.05) is 12.1 Å². The Kier molecular flexibility index (Phi) is 5.42. The maximum atomic E-state index is 9.80. The van der Waals surface area contributed by atoms with E-state index in [0.29, 0.717) is 17.9 Å². The number of aromatic hydroxyl groups is 1. The normalized spacial score (nSPS) is 10.9. The fraction of sp³-hybridized carbons (Fsp3) is 0.278. The van der Waals surface area contributed by atoms with E-state index in [0.717, 1.165) is 17.7 Å². The van der Waals surface area contributed by atoms with Crippen LogP contribution in [0.5, 0.6) is 17.2 Å². The van der Waals surface area contributed by atoms with E-state index in [-0.39, 0.29) is 5.75 Å². The summed E-state index contributed by atoms with van der Waals surface area (Å²) >= 11 is 0. The van der Waals surface area contributed by atoms with Crippen LogP contribution in [0, 0.1) is 6.92 Å². The summed E-state index contributed by atoms with van der Waals surface area (Å²) in [5.41, 5.74) is 2.98. The number of ether oxygens (including phenoxy) is 2. The van der Waals surface area contributed by atoms with E-state index >= 15 is 0 Å². The minimum Gasteiger partial charge on any atom is -0.507 e. The van der Waals surface area contributed by atoms with Crippen molar-refractivity contribution in [1.82, 2.24) is 0 Å². The number of rotatable bonds is 6. The predicted molar refractivity (Wildman–Crippen MR) is 88.6 cm³/mol. The van der Waals surface area contributed by atoms with Crippen LogP contribution in [0.25, 0.3) is 0 Å². The van der Waals surface area contributed by atoms with Gasteiger partial charge in [-0.15, -0.1) is 0 Å². The number of phenolic OH excluding ortho intramolecular Hbond substituents is 1. The van der Waals surface area contributed by atoms with Crippen molar-refractivity contribution in [3.05, 3.63) is 53.1 Å². The fourth-order valence-corrected chi connectivity index (χ4v) is 2.21. The Bertz CT molecular complexity index is 665. The van der Waals surface area contributed by atoms with Crippen molar-refractivity contribution in [3.8, 4) is 17.2 Å². The van der Waals surface area contributed by atoms with E-state index < -0.39 is 0 Å². The smallest absolute Gasteiger partial charge is 0.124 e. The van der Waals surface area contributed by atoms with Crippen LogP contribution in [0.2, 0.25) is 0 Å². The Labute approximate surface area is 131 Å². The van der Waals surface area contributed by atoms with Crippen LogP contribution in [-0.4, -0.2) is 32.1 Å².